The van der Waals surface area contributed by atoms with Gasteiger partial charge in [-0.05, 0) is 21.9 Å². The summed E-state index contributed by atoms with van der Waals surface area (Å²) in [5, 5.41) is 2.75. The monoisotopic (exact) mass is 175 g/mol. The normalized spacial score (nSPS) is 11.7. The Hall–Kier alpha value is -0.560. The molecular formula is C12H8Na. The van der Waals surface area contributed by atoms with Gasteiger partial charge in [-0.3, -0.25) is 0 Å². The molecule has 57 valence electrons. The summed E-state index contributed by atoms with van der Waals surface area (Å²) in [5.41, 5.74) is 2.70. The Bertz CT molecular complexity index is 443. The largest absolute Gasteiger partial charge is 0.0610 e. The predicted molar refractivity (Wildman–Crippen MR) is 58.6 cm³/mol. The Balaban J connectivity index is 0.000000653. The minimum Gasteiger partial charge on any atom is -0.0610 e. The summed E-state index contributed by atoms with van der Waals surface area (Å²) in [6.07, 6.45) is 4.36. The molecule has 0 saturated carbocycles. The minimum atomic E-state index is 0. The Morgan fingerprint density at radius 1 is 0.692 bits per heavy atom. The molecule has 0 amide bonds. The average molecular weight is 175 g/mol. The molecule has 2 aromatic rings. The van der Waals surface area contributed by atoms with Crippen LogP contribution in [0.5, 0.6) is 0 Å². The Labute approximate surface area is 99.6 Å². The maximum atomic E-state index is 2.18. The van der Waals surface area contributed by atoms with Crippen LogP contribution < -0.4 is 0 Å². The zero-order valence-electron chi connectivity index (χ0n) is 7.62. The number of rotatable bonds is 0. The van der Waals surface area contributed by atoms with Gasteiger partial charge in [-0.1, -0.05) is 48.6 Å². The first-order chi connectivity index (χ1) is 5.95. The van der Waals surface area contributed by atoms with Crippen LogP contribution in [-0.4, -0.2) is 29.6 Å². The van der Waals surface area contributed by atoms with Crippen molar-refractivity contribution in [3.63, 3.8) is 0 Å². The quantitative estimate of drug-likeness (QED) is 0.461. The first-order valence-corrected chi connectivity index (χ1v) is 4.15. The molecular weight excluding hydrogens is 167 g/mol. The van der Waals surface area contributed by atoms with Crippen molar-refractivity contribution in [2.45, 2.75) is 0 Å². The summed E-state index contributed by atoms with van der Waals surface area (Å²) < 4.78 is 0. The molecule has 13 heavy (non-hydrogen) atoms. The van der Waals surface area contributed by atoms with E-state index in [-0.39, 0.29) is 29.6 Å². The van der Waals surface area contributed by atoms with Gasteiger partial charge in [0.25, 0.3) is 0 Å². The number of benzene rings is 2. The van der Waals surface area contributed by atoms with Gasteiger partial charge in [0.05, 0.1) is 0 Å². The summed E-state index contributed by atoms with van der Waals surface area (Å²) >= 11 is 0. The van der Waals surface area contributed by atoms with Crippen LogP contribution in [0, 0.1) is 0 Å². The molecule has 1 aliphatic carbocycles. The average Bonchev–Trinajstić information content (AvgIpc) is 2.52. The summed E-state index contributed by atoms with van der Waals surface area (Å²) in [5.74, 6) is 0. The van der Waals surface area contributed by atoms with Gasteiger partial charge >= 0.3 is 0 Å². The predicted octanol–water partition coefficient (Wildman–Crippen LogP) is 2.94. The maximum Gasteiger partial charge on any atom is 0 e. The Morgan fingerprint density at radius 3 is 1.77 bits per heavy atom. The van der Waals surface area contributed by atoms with E-state index in [4.69, 9.17) is 0 Å². The third-order valence-electron chi connectivity index (χ3n) is 2.41. The third kappa shape index (κ3) is 1.26. The Kier molecular flexibility index (Phi) is 2.29. The van der Waals surface area contributed by atoms with Crippen LogP contribution in [0.1, 0.15) is 11.1 Å². The van der Waals surface area contributed by atoms with Crippen molar-refractivity contribution in [3.05, 3.63) is 47.5 Å². The summed E-state index contributed by atoms with van der Waals surface area (Å²) in [6, 6.07) is 12.9. The zero-order valence-corrected chi connectivity index (χ0v) is 9.62. The summed E-state index contributed by atoms with van der Waals surface area (Å²) in [4.78, 5) is 0. The number of hydrogen-bond donors (Lipinski definition) is 0. The van der Waals surface area contributed by atoms with Crippen LogP contribution in [0.25, 0.3) is 22.9 Å². The minimum absolute atomic E-state index is 0. The fraction of sp³-hybridized carbons (Fsp3) is 0. The van der Waals surface area contributed by atoms with Crippen molar-refractivity contribution < 1.29 is 0 Å². The molecule has 2 aromatic carbocycles. The first kappa shape index (κ1) is 9.01. The topological polar surface area (TPSA) is 0 Å². The van der Waals surface area contributed by atoms with Crippen LogP contribution in [0.4, 0.5) is 0 Å². The van der Waals surface area contributed by atoms with Gasteiger partial charge in [0.15, 0.2) is 0 Å². The second-order valence-electron chi connectivity index (χ2n) is 3.13. The molecule has 0 fully saturated rings. The fourth-order valence-corrected chi connectivity index (χ4v) is 1.86. The van der Waals surface area contributed by atoms with E-state index in [0.29, 0.717) is 0 Å². The second-order valence-corrected chi connectivity index (χ2v) is 3.13. The van der Waals surface area contributed by atoms with Crippen molar-refractivity contribution in [1.29, 1.82) is 0 Å². The molecule has 1 aliphatic rings. The van der Waals surface area contributed by atoms with Gasteiger partial charge in [0, 0.05) is 29.6 Å². The molecule has 0 aliphatic heterocycles. The van der Waals surface area contributed by atoms with E-state index in [0.717, 1.165) is 0 Å². The second kappa shape index (κ2) is 3.30. The van der Waals surface area contributed by atoms with E-state index in [1.165, 1.54) is 21.9 Å². The van der Waals surface area contributed by atoms with Crippen LogP contribution in [-0.2, 0) is 0 Å². The van der Waals surface area contributed by atoms with Crippen molar-refractivity contribution >= 4 is 52.5 Å². The van der Waals surface area contributed by atoms with E-state index in [1.807, 2.05) is 0 Å². The van der Waals surface area contributed by atoms with Crippen molar-refractivity contribution in [2.24, 2.45) is 0 Å². The third-order valence-corrected chi connectivity index (χ3v) is 2.41. The molecule has 0 nitrogen and oxygen atoms in total. The van der Waals surface area contributed by atoms with Crippen LogP contribution in [0.15, 0.2) is 36.4 Å². The zero-order chi connectivity index (χ0) is 7.97. The van der Waals surface area contributed by atoms with E-state index >= 15 is 0 Å². The molecule has 0 bridgehead atoms. The summed E-state index contributed by atoms with van der Waals surface area (Å²) in [7, 11) is 0. The number of hydrogen-bond acceptors (Lipinski definition) is 0. The van der Waals surface area contributed by atoms with Crippen LogP contribution in [0.3, 0.4) is 0 Å². The standard InChI is InChI=1S/C12H8.Na/c1-3-9-4-2-6-11-8-7-10(5-1)12(9)11;/h1-8H;. The molecule has 0 N–H and O–H groups in total. The molecule has 0 heterocycles. The van der Waals surface area contributed by atoms with Gasteiger partial charge in [-0.2, -0.15) is 0 Å². The van der Waals surface area contributed by atoms with Crippen LogP contribution >= 0.6 is 0 Å². The molecule has 3 rings (SSSR count). The van der Waals surface area contributed by atoms with Crippen molar-refractivity contribution in [2.75, 3.05) is 0 Å². The van der Waals surface area contributed by atoms with Gasteiger partial charge in [0.2, 0.25) is 0 Å². The van der Waals surface area contributed by atoms with Gasteiger partial charge < -0.3 is 0 Å². The van der Waals surface area contributed by atoms with E-state index in [1.54, 1.807) is 0 Å². The molecule has 0 aromatic heterocycles. The van der Waals surface area contributed by atoms with Crippen molar-refractivity contribution in [3.8, 4) is 0 Å². The molecule has 0 atom stereocenters. The van der Waals surface area contributed by atoms with E-state index in [2.05, 4.69) is 48.6 Å². The fourth-order valence-electron chi connectivity index (χ4n) is 1.86. The molecule has 0 spiro atoms. The molecule has 0 unspecified atom stereocenters. The molecule has 1 heteroatoms. The molecule has 0 saturated heterocycles. The SMILES string of the molecule is C1=Cc2cccc3cccc1c23.[Na]. The van der Waals surface area contributed by atoms with E-state index < -0.39 is 0 Å². The van der Waals surface area contributed by atoms with Crippen LogP contribution in [0.2, 0.25) is 0 Å². The van der Waals surface area contributed by atoms with E-state index in [9.17, 15) is 0 Å². The maximum absolute atomic E-state index is 2.18. The molecule has 1 radical (unpaired) electrons. The Morgan fingerprint density at radius 2 is 1.23 bits per heavy atom. The first-order valence-electron chi connectivity index (χ1n) is 4.15. The van der Waals surface area contributed by atoms with Crippen molar-refractivity contribution in [1.82, 2.24) is 0 Å². The van der Waals surface area contributed by atoms with Gasteiger partial charge in [-0.15, -0.1) is 0 Å². The van der Waals surface area contributed by atoms with Gasteiger partial charge in [-0.25, -0.2) is 0 Å². The summed E-state index contributed by atoms with van der Waals surface area (Å²) in [6.45, 7) is 0. The smallest absolute Gasteiger partial charge is 0 e. The van der Waals surface area contributed by atoms with Gasteiger partial charge in [0.1, 0.15) is 0 Å².